The molecule has 1 aromatic rings. The second-order valence-electron chi connectivity index (χ2n) is 6.11. The van der Waals surface area contributed by atoms with Gasteiger partial charge in [0.1, 0.15) is 11.5 Å². The number of benzene rings is 1. The number of ether oxygens (including phenoxy) is 2. The van der Waals surface area contributed by atoms with Crippen molar-refractivity contribution in [3.8, 4) is 11.5 Å². The van der Waals surface area contributed by atoms with Crippen molar-refractivity contribution in [3.63, 3.8) is 0 Å². The standard InChI is InChI=1S/C18H28O3/c1-6-7-8-9-10-18(2,3)14-11-16(20-4)15(13-19)17(12-14)21-5/h11-13H,6-10H2,1-5H3. The van der Waals surface area contributed by atoms with E-state index in [-0.39, 0.29) is 5.41 Å². The molecular formula is C18H28O3. The fraction of sp³-hybridized carbons (Fsp3) is 0.611. The van der Waals surface area contributed by atoms with Crippen LogP contribution in [-0.2, 0) is 5.41 Å². The Labute approximate surface area is 128 Å². The van der Waals surface area contributed by atoms with Gasteiger partial charge >= 0.3 is 0 Å². The van der Waals surface area contributed by atoms with Gasteiger partial charge < -0.3 is 9.47 Å². The largest absolute Gasteiger partial charge is 0.496 e. The lowest BCUT2D eigenvalue weighted by atomic mass is 9.79. The predicted molar refractivity (Wildman–Crippen MR) is 86.7 cm³/mol. The zero-order valence-electron chi connectivity index (χ0n) is 14.0. The van der Waals surface area contributed by atoms with E-state index < -0.39 is 0 Å². The molecule has 0 unspecified atom stereocenters. The van der Waals surface area contributed by atoms with Crippen LogP contribution in [-0.4, -0.2) is 20.5 Å². The second-order valence-corrected chi connectivity index (χ2v) is 6.11. The van der Waals surface area contributed by atoms with Crippen LogP contribution in [0.5, 0.6) is 11.5 Å². The summed E-state index contributed by atoms with van der Waals surface area (Å²) in [5.74, 6) is 1.17. The van der Waals surface area contributed by atoms with Crippen LogP contribution in [0.2, 0.25) is 0 Å². The molecule has 1 aromatic carbocycles. The highest BCUT2D eigenvalue weighted by molar-refractivity contribution is 5.84. The molecule has 0 heterocycles. The molecule has 0 aromatic heterocycles. The van der Waals surface area contributed by atoms with Gasteiger partial charge in [-0.15, -0.1) is 0 Å². The van der Waals surface area contributed by atoms with Gasteiger partial charge in [-0.1, -0.05) is 46.5 Å². The van der Waals surface area contributed by atoms with E-state index in [1.54, 1.807) is 14.2 Å². The Hall–Kier alpha value is -1.51. The first-order chi connectivity index (χ1) is 10.00. The van der Waals surface area contributed by atoms with Gasteiger partial charge in [0.2, 0.25) is 0 Å². The lowest BCUT2D eigenvalue weighted by molar-refractivity contribution is 0.111. The van der Waals surface area contributed by atoms with Crippen LogP contribution < -0.4 is 9.47 Å². The molecule has 0 spiro atoms. The Kier molecular flexibility index (Phi) is 6.73. The quantitative estimate of drug-likeness (QED) is 0.486. The van der Waals surface area contributed by atoms with Gasteiger partial charge in [-0.05, 0) is 29.5 Å². The fourth-order valence-corrected chi connectivity index (χ4v) is 2.58. The monoisotopic (exact) mass is 292 g/mol. The van der Waals surface area contributed by atoms with Gasteiger partial charge in [-0.2, -0.15) is 0 Å². The Bertz CT molecular complexity index is 439. The molecular weight excluding hydrogens is 264 g/mol. The predicted octanol–water partition coefficient (Wildman–Crippen LogP) is 4.76. The van der Waals surface area contributed by atoms with Gasteiger partial charge in [0, 0.05) is 0 Å². The summed E-state index contributed by atoms with van der Waals surface area (Å²) in [6, 6.07) is 3.93. The van der Waals surface area contributed by atoms with Crippen molar-refractivity contribution in [1.82, 2.24) is 0 Å². The van der Waals surface area contributed by atoms with Crippen LogP contribution in [0.4, 0.5) is 0 Å². The number of methoxy groups -OCH3 is 2. The third-order valence-electron chi connectivity index (χ3n) is 4.10. The van der Waals surface area contributed by atoms with Crippen molar-refractivity contribution < 1.29 is 14.3 Å². The first kappa shape index (κ1) is 17.5. The molecule has 0 aliphatic rings. The van der Waals surface area contributed by atoms with Crippen molar-refractivity contribution in [1.29, 1.82) is 0 Å². The minimum absolute atomic E-state index is 0.0374. The zero-order chi connectivity index (χ0) is 15.9. The van der Waals surface area contributed by atoms with Gasteiger partial charge in [0.25, 0.3) is 0 Å². The normalized spacial score (nSPS) is 11.3. The summed E-state index contributed by atoms with van der Waals surface area (Å²) in [5.41, 5.74) is 1.67. The molecule has 0 aliphatic carbocycles. The molecule has 0 saturated carbocycles. The zero-order valence-corrected chi connectivity index (χ0v) is 14.0. The molecule has 0 N–H and O–H groups in total. The second kappa shape index (κ2) is 8.06. The van der Waals surface area contributed by atoms with Crippen molar-refractivity contribution >= 4 is 6.29 Å². The third kappa shape index (κ3) is 4.48. The number of carbonyl (C=O) groups is 1. The van der Waals surface area contributed by atoms with Gasteiger partial charge in [-0.25, -0.2) is 0 Å². The van der Waals surface area contributed by atoms with Crippen LogP contribution in [0.1, 0.15) is 68.8 Å². The summed E-state index contributed by atoms with van der Waals surface area (Å²) in [4.78, 5) is 11.2. The number of hydrogen-bond acceptors (Lipinski definition) is 3. The number of carbonyl (C=O) groups excluding carboxylic acids is 1. The molecule has 0 atom stereocenters. The van der Waals surface area contributed by atoms with Crippen molar-refractivity contribution in [3.05, 3.63) is 23.3 Å². The van der Waals surface area contributed by atoms with Crippen molar-refractivity contribution in [2.75, 3.05) is 14.2 Å². The Morgan fingerprint density at radius 2 is 1.62 bits per heavy atom. The minimum Gasteiger partial charge on any atom is -0.496 e. The van der Waals surface area contributed by atoms with E-state index in [1.807, 2.05) is 12.1 Å². The molecule has 0 radical (unpaired) electrons. The Morgan fingerprint density at radius 3 is 2.05 bits per heavy atom. The van der Waals surface area contributed by atoms with Crippen LogP contribution in [0.25, 0.3) is 0 Å². The van der Waals surface area contributed by atoms with Crippen LogP contribution >= 0.6 is 0 Å². The maximum Gasteiger partial charge on any atom is 0.157 e. The molecule has 0 saturated heterocycles. The van der Waals surface area contributed by atoms with E-state index >= 15 is 0 Å². The molecule has 1 rings (SSSR count). The Balaban J connectivity index is 3.02. The van der Waals surface area contributed by atoms with E-state index in [9.17, 15) is 4.79 Å². The maximum absolute atomic E-state index is 11.2. The topological polar surface area (TPSA) is 35.5 Å². The fourth-order valence-electron chi connectivity index (χ4n) is 2.58. The highest BCUT2D eigenvalue weighted by Crippen LogP contribution is 2.37. The lowest BCUT2D eigenvalue weighted by Crippen LogP contribution is -2.17. The average molecular weight is 292 g/mol. The smallest absolute Gasteiger partial charge is 0.157 e. The summed E-state index contributed by atoms with van der Waals surface area (Å²) < 4.78 is 10.7. The average Bonchev–Trinajstić information content (AvgIpc) is 2.49. The molecule has 118 valence electrons. The van der Waals surface area contributed by atoms with Gasteiger partial charge in [-0.3, -0.25) is 4.79 Å². The molecule has 0 aliphatic heterocycles. The molecule has 21 heavy (non-hydrogen) atoms. The van der Waals surface area contributed by atoms with E-state index in [0.717, 1.165) is 18.3 Å². The third-order valence-corrected chi connectivity index (χ3v) is 4.10. The SMILES string of the molecule is CCCCCCC(C)(C)c1cc(OC)c(C=O)c(OC)c1. The molecule has 0 fully saturated rings. The van der Waals surface area contributed by atoms with E-state index in [4.69, 9.17) is 9.47 Å². The molecule has 3 heteroatoms. The first-order valence-corrected chi connectivity index (χ1v) is 7.71. The molecule has 0 bridgehead atoms. The Morgan fingerprint density at radius 1 is 1.05 bits per heavy atom. The number of unbranched alkanes of at least 4 members (excludes halogenated alkanes) is 3. The van der Waals surface area contributed by atoms with Gasteiger partial charge in [0.15, 0.2) is 6.29 Å². The van der Waals surface area contributed by atoms with Crippen molar-refractivity contribution in [2.24, 2.45) is 0 Å². The number of aldehydes is 1. The van der Waals surface area contributed by atoms with Crippen LogP contribution in [0, 0.1) is 0 Å². The van der Waals surface area contributed by atoms with Crippen molar-refractivity contribution in [2.45, 2.75) is 58.3 Å². The lowest BCUT2D eigenvalue weighted by Gasteiger charge is -2.27. The number of hydrogen-bond donors (Lipinski definition) is 0. The van der Waals surface area contributed by atoms with E-state index in [2.05, 4.69) is 20.8 Å². The first-order valence-electron chi connectivity index (χ1n) is 7.71. The van der Waals surface area contributed by atoms with E-state index in [0.29, 0.717) is 17.1 Å². The minimum atomic E-state index is 0.0374. The summed E-state index contributed by atoms with van der Waals surface area (Å²) in [6.07, 6.45) is 6.90. The van der Waals surface area contributed by atoms with Gasteiger partial charge in [0.05, 0.1) is 19.8 Å². The highest BCUT2D eigenvalue weighted by atomic mass is 16.5. The van der Waals surface area contributed by atoms with Crippen LogP contribution in [0.3, 0.4) is 0 Å². The summed E-state index contributed by atoms with van der Waals surface area (Å²) in [7, 11) is 3.17. The number of rotatable bonds is 9. The molecule has 0 amide bonds. The maximum atomic E-state index is 11.2. The molecule has 3 nitrogen and oxygen atoms in total. The summed E-state index contributed by atoms with van der Waals surface area (Å²) in [5, 5.41) is 0. The summed E-state index contributed by atoms with van der Waals surface area (Å²) in [6.45, 7) is 6.68. The highest BCUT2D eigenvalue weighted by Gasteiger charge is 2.23. The van der Waals surface area contributed by atoms with E-state index in [1.165, 1.54) is 25.7 Å². The van der Waals surface area contributed by atoms with Crippen LogP contribution in [0.15, 0.2) is 12.1 Å². The summed E-state index contributed by atoms with van der Waals surface area (Å²) >= 11 is 0.